The van der Waals surface area contributed by atoms with Gasteiger partial charge in [-0.25, -0.2) is 4.79 Å². The Labute approximate surface area is 155 Å². The Kier molecular flexibility index (Phi) is 5.63. The number of thioether (sulfide) groups is 1. The highest BCUT2D eigenvalue weighted by molar-refractivity contribution is 7.99. The lowest BCUT2D eigenvalue weighted by Gasteiger charge is -2.10. The minimum atomic E-state index is -2.59. The normalized spacial score (nSPS) is 11.2. The number of aryl methyl sites for hydroxylation is 1. The van der Waals surface area contributed by atoms with Crippen LogP contribution in [-0.4, -0.2) is 16.2 Å². The van der Waals surface area contributed by atoms with E-state index in [0.29, 0.717) is 33.6 Å². The zero-order chi connectivity index (χ0) is 18.7. The van der Waals surface area contributed by atoms with Crippen LogP contribution >= 0.6 is 23.4 Å². The van der Waals surface area contributed by atoms with Crippen molar-refractivity contribution in [1.29, 1.82) is 0 Å². The van der Waals surface area contributed by atoms with Gasteiger partial charge in [-0.1, -0.05) is 35.5 Å². The molecule has 3 rings (SSSR count). The van der Waals surface area contributed by atoms with Gasteiger partial charge in [0, 0.05) is 29.0 Å². The fourth-order valence-corrected chi connectivity index (χ4v) is 3.20. The molecule has 0 fully saturated rings. The Balaban J connectivity index is 1.71. The van der Waals surface area contributed by atoms with Crippen LogP contribution in [0.5, 0.6) is 0 Å². The van der Waals surface area contributed by atoms with Gasteiger partial charge in [-0.3, -0.25) is 9.36 Å². The number of amides is 1. The van der Waals surface area contributed by atoms with Crippen LogP contribution in [0.15, 0.2) is 56.6 Å². The molecule has 0 aliphatic rings. The largest absolute Gasteiger partial charge is 0.419 e. The van der Waals surface area contributed by atoms with Crippen molar-refractivity contribution >= 4 is 46.1 Å². The standard InChI is InChI=1S/C17H13ClF2N2O3S/c18-10-5-6-12-13(9-10)25-17(24)22(12)8-7-15(23)21-11-3-1-2-4-14(11)26-16(19)20/h1-6,9,16H,7-8H2,(H,21,23). The van der Waals surface area contributed by atoms with Crippen LogP contribution in [0.2, 0.25) is 5.02 Å². The molecule has 1 heterocycles. The number of hydrogen-bond acceptors (Lipinski definition) is 4. The summed E-state index contributed by atoms with van der Waals surface area (Å²) in [6.07, 6.45) is -0.0230. The van der Waals surface area contributed by atoms with Crippen molar-refractivity contribution < 1.29 is 18.0 Å². The molecule has 1 amide bonds. The van der Waals surface area contributed by atoms with E-state index in [2.05, 4.69) is 5.32 Å². The van der Waals surface area contributed by atoms with Crippen molar-refractivity contribution in [1.82, 2.24) is 4.57 Å². The lowest BCUT2D eigenvalue weighted by molar-refractivity contribution is -0.116. The summed E-state index contributed by atoms with van der Waals surface area (Å²) in [5.41, 5.74) is 1.17. The summed E-state index contributed by atoms with van der Waals surface area (Å²) in [6, 6.07) is 11.1. The van der Waals surface area contributed by atoms with Gasteiger partial charge in [-0.05, 0) is 24.3 Å². The van der Waals surface area contributed by atoms with E-state index in [1.165, 1.54) is 16.7 Å². The molecule has 0 saturated carbocycles. The highest BCUT2D eigenvalue weighted by Gasteiger charge is 2.14. The minimum absolute atomic E-state index is 0.0230. The fraction of sp³-hybridized carbons (Fsp3) is 0.176. The molecular weight excluding hydrogens is 386 g/mol. The number of para-hydroxylation sites is 1. The van der Waals surface area contributed by atoms with Crippen molar-refractivity contribution in [2.75, 3.05) is 5.32 Å². The fourth-order valence-electron chi connectivity index (χ4n) is 2.45. The molecule has 3 aromatic rings. The van der Waals surface area contributed by atoms with E-state index in [0.717, 1.165) is 0 Å². The van der Waals surface area contributed by atoms with Gasteiger partial charge < -0.3 is 9.73 Å². The van der Waals surface area contributed by atoms with Gasteiger partial charge in [-0.15, -0.1) is 0 Å². The van der Waals surface area contributed by atoms with Crippen LogP contribution in [0.3, 0.4) is 0 Å². The first-order valence-corrected chi connectivity index (χ1v) is 8.82. The van der Waals surface area contributed by atoms with E-state index in [1.54, 1.807) is 30.3 Å². The molecule has 0 atom stereocenters. The number of alkyl halides is 2. The molecule has 0 bridgehead atoms. The van der Waals surface area contributed by atoms with Gasteiger partial charge >= 0.3 is 5.76 Å². The maximum Gasteiger partial charge on any atom is 0.419 e. The second-order valence-electron chi connectivity index (χ2n) is 5.30. The van der Waals surface area contributed by atoms with Crippen LogP contribution < -0.4 is 11.1 Å². The average molecular weight is 399 g/mol. The quantitative estimate of drug-likeness (QED) is 0.617. The number of nitrogens with one attached hydrogen (secondary N) is 1. The predicted molar refractivity (Wildman–Crippen MR) is 97.0 cm³/mol. The first-order chi connectivity index (χ1) is 12.4. The molecule has 0 aliphatic heterocycles. The number of carbonyl (C=O) groups is 1. The van der Waals surface area contributed by atoms with Crippen molar-refractivity contribution in [3.8, 4) is 0 Å². The second kappa shape index (κ2) is 7.92. The van der Waals surface area contributed by atoms with Crippen LogP contribution in [-0.2, 0) is 11.3 Å². The third kappa shape index (κ3) is 4.25. The molecule has 26 heavy (non-hydrogen) atoms. The molecule has 5 nitrogen and oxygen atoms in total. The van der Waals surface area contributed by atoms with Crippen LogP contribution in [0, 0.1) is 0 Å². The van der Waals surface area contributed by atoms with Crippen molar-refractivity contribution in [3.05, 3.63) is 58.0 Å². The Morgan fingerprint density at radius 3 is 2.81 bits per heavy atom. The highest BCUT2D eigenvalue weighted by Crippen LogP contribution is 2.31. The number of anilines is 1. The van der Waals surface area contributed by atoms with E-state index in [1.807, 2.05) is 0 Å². The lowest BCUT2D eigenvalue weighted by Crippen LogP contribution is -2.20. The Morgan fingerprint density at radius 2 is 2.04 bits per heavy atom. The number of hydrogen-bond donors (Lipinski definition) is 1. The Bertz CT molecular complexity index is 1000. The predicted octanol–water partition coefficient (Wildman–Crippen LogP) is 4.59. The molecular formula is C17H13ClF2N2O3S. The second-order valence-corrected chi connectivity index (χ2v) is 6.77. The first-order valence-electron chi connectivity index (χ1n) is 7.56. The molecule has 1 aromatic heterocycles. The van der Waals surface area contributed by atoms with Gasteiger partial charge in [0.05, 0.1) is 11.2 Å². The topological polar surface area (TPSA) is 64.2 Å². The van der Waals surface area contributed by atoms with E-state index < -0.39 is 17.4 Å². The third-order valence-corrected chi connectivity index (χ3v) is 4.59. The maximum absolute atomic E-state index is 12.6. The smallest absolute Gasteiger partial charge is 0.408 e. The Morgan fingerprint density at radius 1 is 1.27 bits per heavy atom. The number of oxazole rings is 1. The van der Waals surface area contributed by atoms with Crippen LogP contribution in [0.4, 0.5) is 14.5 Å². The van der Waals surface area contributed by atoms with Crippen LogP contribution in [0.25, 0.3) is 11.1 Å². The van der Waals surface area contributed by atoms with E-state index in [-0.39, 0.29) is 17.9 Å². The number of rotatable bonds is 6. The van der Waals surface area contributed by atoms with Crippen molar-refractivity contribution in [2.45, 2.75) is 23.6 Å². The zero-order valence-corrected chi connectivity index (χ0v) is 14.8. The molecule has 0 spiro atoms. The summed E-state index contributed by atoms with van der Waals surface area (Å²) < 4.78 is 31.6. The van der Waals surface area contributed by atoms with Gasteiger partial charge in [-0.2, -0.15) is 8.78 Å². The molecule has 2 aromatic carbocycles. The Hall–Kier alpha value is -2.32. The highest BCUT2D eigenvalue weighted by atomic mass is 35.5. The number of aromatic nitrogens is 1. The lowest BCUT2D eigenvalue weighted by atomic mass is 10.3. The number of carbonyl (C=O) groups excluding carboxylic acids is 1. The van der Waals surface area contributed by atoms with Crippen molar-refractivity contribution in [2.24, 2.45) is 0 Å². The number of halogens is 3. The first kappa shape index (κ1) is 18.5. The SMILES string of the molecule is O=C(CCn1c(=O)oc2cc(Cl)ccc21)Nc1ccccc1SC(F)F. The van der Waals surface area contributed by atoms with Crippen LogP contribution in [0.1, 0.15) is 6.42 Å². The number of fused-ring (bicyclic) bond motifs is 1. The monoisotopic (exact) mass is 398 g/mol. The third-order valence-electron chi connectivity index (χ3n) is 3.57. The van der Waals surface area contributed by atoms with E-state index in [9.17, 15) is 18.4 Å². The molecule has 0 saturated heterocycles. The van der Waals surface area contributed by atoms with Gasteiger partial charge in [0.25, 0.3) is 5.76 Å². The zero-order valence-electron chi connectivity index (χ0n) is 13.2. The summed E-state index contributed by atoms with van der Waals surface area (Å²) in [4.78, 5) is 24.4. The summed E-state index contributed by atoms with van der Waals surface area (Å²) in [6.45, 7) is 0.0868. The number of nitrogens with zero attached hydrogens (tertiary/aromatic N) is 1. The molecule has 136 valence electrons. The van der Waals surface area contributed by atoms with E-state index in [4.69, 9.17) is 16.0 Å². The molecule has 0 radical (unpaired) electrons. The molecule has 0 unspecified atom stereocenters. The summed E-state index contributed by atoms with van der Waals surface area (Å²) in [5, 5.41) is 3.03. The van der Waals surface area contributed by atoms with Gasteiger partial charge in [0.15, 0.2) is 5.58 Å². The average Bonchev–Trinajstić information content (AvgIpc) is 2.88. The minimum Gasteiger partial charge on any atom is -0.408 e. The summed E-state index contributed by atoms with van der Waals surface area (Å²) in [7, 11) is 0. The summed E-state index contributed by atoms with van der Waals surface area (Å²) in [5.74, 6) is -3.58. The van der Waals surface area contributed by atoms with Crippen molar-refractivity contribution in [3.63, 3.8) is 0 Å². The summed E-state index contributed by atoms with van der Waals surface area (Å²) >= 11 is 6.22. The molecule has 9 heteroatoms. The maximum atomic E-state index is 12.6. The molecule has 1 N–H and O–H groups in total. The van der Waals surface area contributed by atoms with Gasteiger partial charge in [0.2, 0.25) is 5.91 Å². The molecule has 0 aliphatic carbocycles. The number of benzene rings is 2. The van der Waals surface area contributed by atoms with Gasteiger partial charge in [0.1, 0.15) is 0 Å². The van der Waals surface area contributed by atoms with E-state index >= 15 is 0 Å².